The van der Waals surface area contributed by atoms with Gasteiger partial charge < -0.3 is 0 Å². The first kappa shape index (κ1) is 10.2. The molecule has 2 nitrogen and oxygen atoms in total. The molecule has 1 saturated carbocycles. The van der Waals surface area contributed by atoms with Crippen LogP contribution in [0.25, 0.3) is 0 Å². The van der Waals surface area contributed by atoms with Crippen LogP contribution in [0.1, 0.15) is 24.8 Å². The van der Waals surface area contributed by atoms with Gasteiger partial charge in [0.05, 0.1) is 11.5 Å². The zero-order valence-electron chi connectivity index (χ0n) is 8.16. The van der Waals surface area contributed by atoms with E-state index in [-0.39, 0.29) is 5.78 Å². The first-order valence-electron chi connectivity index (χ1n) is 4.85. The van der Waals surface area contributed by atoms with E-state index in [9.17, 15) is 10.1 Å². The van der Waals surface area contributed by atoms with Gasteiger partial charge in [0.2, 0.25) is 0 Å². The summed E-state index contributed by atoms with van der Waals surface area (Å²) in [4.78, 5) is 11.3. The Kier molecular flexibility index (Phi) is 2.50. The summed E-state index contributed by atoms with van der Waals surface area (Å²) in [7, 11) is 0. The fourth-order valence-corrected chi connectivity index (χ4v) is 2.17. The summed E-state index contributed by atoms with van der Waals surface area (Å²) in [6.07, 6.45) is 1.48. The van der Waals surface area contributed by atoms with E-state index in [4.69, 9.17) is 11.6 Å². The van der Waals surface area contributed by atoms with Crippen molar-refractivity contribution in [3.8, 4) is 6.07 Å². The Hall–Kier alpha value is -1.33. The lowest BCUT2D eigenvalue weighted by molar-refractivity contribution is -0.117. The predicted molar refractivity (Wildman–Crippen MR) is 57.6 cm³/mol. The van der Waals surface area contributed by atoms with Crippen LogP contribution in [0.5, 0.6) is 0 Å². The van der Waals surface area contributed by atoms with Gasteiger partial charge in [0, 0.05) is 17.9 Å². The second kappa shape index (κ2) is 3.67. The van der Waals surface area contributed by atoms with Crippen molar-refractivity contribution in [1.82, 2.24) is 0 Å². The zero-order valence-corrected chi connectivity index (χ0v) is 8.92. The number of hydrogen-bond acceptors (Lipinski definition) is 2. The Bertz CT molecular complexity index is 432. The maximum atomic E-state index is 11.3. The molecule has 1 aliphatic carbocycles. The zero-order chi connectivity index (χ0) is 10.9. The minimum atomic E-state index is -0.609. The number of hydrogen-bond donors (Lipinski definition) is 0. The minimum absolute atomic E-state index is 0.173. The first-order chi connectivity index (χ1) is 7.16. The highest BCUT2D eigenvalue weighted by Gasteiger charge is 2.40. The van der Waals surface area contributed by atoms with Crippen molar-refractivity contribution < 1.29 is 4.79 Å². The second-order valence-corrected chi connectivity index (χ2v) is 4.35. The standard InChI is InChI=1S/C12H10ClNO/c13-10-3-1-9(2-4-10)12(8-14)6-5-11(15)7-12/h1-4H,5-7H2. The van der Waals surface area contributed by atoms with Gasteiger partial charge in [-0.15, -0.1) is 0 Å². The van der Waals surface area contributed by atoms with Crippen LogP contribution in [-0.2, 0) is 10.2 Å². The Morgan fingerprint density at radius 2 is 2.00 bits per heavy atom. The first-order valence-corrected chi connectivity index (χ1v) is 5.23. The van der Waals surface area contributed by atoms with Crippen LogP contribution in [-0.4, -0.2) is 5.78 Å². The van der Waals surface area contributed by atoms with Crippen LogP contribution < -0.4 is 0 Å². The van der Waals surface area contributed by atoms with Crippen molar-refractivity contribution in [2.24, 2.45) is 0 Å². The number of benzene rings is 1. The normalized spacial score (nSPS) is 25.2. The predicted octanol–water partition coefficient (Wildman–Crippen LogP) is 2.85. The van der Waals surface area contributed by atoms with Gasteiger partial charge in [-0.3, -0.25) is 4.79 Å². The van der Waals surface area contributed by atoms with E-state index in [1.807, 2.05) is 12.1 Å². The van der Waals surface area contributed by atoms with E-state index in [1.54, 1.807) is 12.1 Å². The summed E-state index contributed by atoms with van der Waals surface area (Å²) in [5.74, 6) is 0.173. The Morgan fingerprint density at radius 3 is 2.47 bits per heavy atom. The molecule has 1 aromatic rings. The number of halogens is 1. The maximum absolute atomic E-state index is 11.3. The molecule has 0 bridgehead atoms. The molecule has 1 aromatic carbocycles. The molecule has 0 aromatic heterocycles. The van der Waals surface area contributed by atoms with Crippen LogP contribution in [0.4, 0.5) is 0 Å². The SMILES string of the molecule is N#CC1(c2ccc(Cl)cc2)CCC(=O)C1. The maximum Gasteiger partial charge on any atom is 0.134 e. The van der Waals surface area contributed by atoms with Crippen molar-refractivity contribution >= 4 is 17.4 Å². The van der Waals surface area contributed by atoms with E-state index in [0.717, 1.165) is 5.56 Å². The van der Waals surface area contributed by atoms with Crippen LogP contribution >= 0.6 is 11.6 Å². The van der Waals surface area contributed by atoms with Gasteiger partial charge >= 0.3 is 0 Å². The molecule has 76 valence electrons. The fraction of sp³-hybridized carbons (Fsp3) is 0.333. The highest BCUT2D eigenvalue weighted by Crippen LogP contribution is 2.38. The third-order valence-corrected chi connectivity index (χ3v) is 3.19. The van der Waals surface area contributed by atoms with Gasteiger partial charge in [-0.25, -0.2) is 0 Å². The van der Waals surface area contributed by atoms with Crippen LogP contribution in [0.2, 0.25) is 5.02 Å². The highest BCUT2D eigenvalue weighted by atomic mass is 35.5. The van der Waals surface area contributed by atoms with Crippen molar-refractivity contribution in [3.05, 3.63) is 34.9 Å². The van der Waals surface area contributed by atoms with Crippen molar-refractivity contribution in [1.29, 1.82) is 5.26 Å². The summed E-state index contributed by atoms with van der Waals surface area (Å²) >= 11 is 5.79. The number of nitriles is 1. The minimum Gasteiger partial charge on any atom is -0.300 e. The Labute approximate surface area is 93.5 Å². The molecule has 15 heavy (non-hydrogen) atoms. The molecule has 0 saturated heterocycles. The van der Waals surface area contributed by atoms with Gasteiger partial charge in [0.25, 0.3) is 0 Å². The van der Waals surface area contributed by atoms with E-state index >= 15 is 0 Å². The molecule has 1 atom stereocenters. The molecule has 0 radical (unpaired) electrons. The molecule has 0 spiro atoms. The van der Waals surface area contributed by atoms with Crippen LogP contribution in [0, 0.1) is 11.3 Å². The summed E-state index contributed by atoms with van der Waals surface area (Å²) in [5.41, 5.74) is 0.294. The van der Waals surface area contributed by atoms with Gasteiger partial charge in [0.15, 0.2) is 0 Å². The molecule has 0 N–H and O–H groups in total. The van der Waals surface area contributed by atoms with Gasteiger partial charge in [0.1, 0.15) is 5.78 Å². The number of ketones is 1. The quantitative estimate of drug-likeness (QED) is 0.729. The molecule has 3 heteroatoms. The average molecular weight is 220 g/mol. The molecule has 1 unspecified atom stereocenters. The van der Waals surface area contributed by atoms with E-state index in [0.29, 0.717) is 24.3 Å². The number of Topliss-reactive ketones (excluding diaryl/α,β-unsaturated/α-hetero) is 1. The average Bonchev–Trinajstić information content (AvgIpc) is 2.62. The fourth-order valence-electron chi connectivity index (χ4n) is 2.04. The Morgan fingerprint density at radius 1 is 1.33 bits per heavy atom. The number of carbonyl (C=O) groups is 1. The van der Waals surface area contributed by atoms with Gasteiger partial charge in [-0.2, -0.15) is 5.26 Å². The van der Waals surface area contributed by atoms with E-state index in [1.165, 1.54) is 0 Å². The third kappa shape index (κ3) is 1.75. The number of rotatable bonds is 1. The topological polar surface area (TPSA) is 40.9 Å². The largest absolute Gasteiger partial charge is 0.300 e. The summed E-state index contributed by atoms with van der Waals surface area (Å²) in [5, 5.41) is 9.87. The van der Waals surface area contributed by atoms with Crippen LogP contribution in [0.3, 0.4) is 0 Å². The highest BCUT2D eigenvalue weighted by molar-refractivity contribution is 6.30. The smallest absolute Gasteiger partial charge is 0.134 e. The monoisotopic (exact) mass is 219 g/mol. The lowest BCUT2D eigenvalue weighted by atomic mass is 9.80. The van der Waals surface area contributed by atoms with Gasteiger partial charge in [-0.05, 0) is 24.1 Å². The second-order valence-electron chi connectivity index (χ2n) is 3.92. The summed E-state index contributed by atoms with van der Waals surface area (Å²) in [6.45, 7) is 0. The van der Waals surface area contributed by atoms with E-state index in [2.05, 4.69) is 6.07 Å². The molecule has 0 amide bonds. The third-order valence-electron chi connectivity index (χ3n) is 2.94. The number of carbonyl (C=O) groups excluding carboxylic acids is 1. The summed E-state index contributed by atoms with van der Waals surface area (Å²) < 4.78 is 0. The van der Waals surface area contributed by atoms with Crippen molar-refractivity contribution in [3.63, 3.8) is 0 Å². The Balaban J connectivity index is 2.40. The van der Waals surface area contributed by atoms with Gasteiger partial charge in [-0.1, -0.05) is 23.7 Å². The van der Waals surface area contributed by atoms with Crippen molar-refractivity contribution in [2.75, 3.05) is 0 Å². The molecular weight excluding hydrogens is 210 g/mol. The molecule has 2 rings (SSSR count). The molecule has 1 fully saturated rings. The summed E-state index contributed by atoms with van der Waals surface area (Å²) in [6, 6.07) is 9.48. The molecule has 0 heterocycles. The van der Waals surface area contributed by atoms with E-state index < -0.39 is 5.41 Å². The molecule has 0 aliphatic heterocycles. The van der Waals surface area contributed by atoms with Crippen molar-refractivity contribution in [2.45, 2.75) is 24.7 Å². The van der Waals surface area contributed by atoms with Crippen LogP contribution in [0.15, 0.2) is 24.3 Å². The lowest BCUT2D eigenvalue weighted by Crippen LogP contribution is -2.20. The molecular formula is C12H10ClNO. The number of nitrogens with zero attached hydrogens (tertiary/aromatic N) is 1. The molecule has 1 aliphatic rings. The lowest BCUT2D eigenvalue weighted by Gasteiger charge is -2.19.